The summed E-state index contributed by atoms with van der Waals surface area (Å²) in [4.78, 5) is 8.41. The molecule has 120 valence electrons. The molecule has 0 saturated carbocycles. The quantitative estimate of drug-likeness (QED) is 0.921. The van der Waals surface area contributed by atoms with Gasteiger partial charge < -0.3 is 10.2 Å². The second kappa shape index (κ2) is 6.60. The molecule has 0 aromatic carbocycles. The molecule has 4 nitrogen and oxygen atoms in total. The molecule has 0 amide bonds. The summed E-state index contributed by atoms with van der Waals surface area (Å²) in [6, 6.07) is -0.0646. The Balaban J connectivity index is 2.29. The van der Waals surface area contributed by atoms with Gasteiger partial charge in [-0.15, -0.1) is 11.3 Å². The van der Waals surface area contributed by atoms with E-state index in [4.69, 9.17) is 0 Å². The fourth-order valence-electron chi connectivity index (χ4n) is 2.37. The highest BCUT2D eigenvalue weighted by Crippen LogP contribution is 2.37. The fourth-order valence-corrected chi connectivity index (χ4v) is 3.58. The minimum Gasteiger partial charge on any atom is -0.312 e. The summed E-state index contributed by atoms with van der Waals surface area (Å²) in [5.74, 6) is 0. The van der Waals surface area contributed by atoms with Crippen LogP contribution < -0.4 is 5.32 Å². The number of alkyl halides is 3. The molecule has 8 heteroatoms. The highest BCUT2D eigenvalue weighted by molar-refractivity contribution is 7.11. The zero-order valence-electron chi connectivity index (χ0n) is 12.5. The minimum absolute atomic E-state index is 0.0646. The zero-order chi connectivity index (χ0) is 15.6. The molecular weight excluding hydrogens is 301 g/mol. The van der Waals surface area contributed by atoms with Crippen molar-refractivity contribution in [3.8, 4) is 0 Å². The normalized spacial score (nSPS) is 21.9. The molecule has 0 radical (unpaired) electrons. The summed E-state index contributed by atoms with van der Waals surface area (Å²) in [5.41, 5.74) is -0.731. The first-order chi connectivity index (χ1) is 9.82. The van der Waals surface area contributed by atoms with E-state index in [0.717, 1.165) is 13.1 Å². The lowest BCUT2D eigenvalue weighted by Crippen LogP contribution is -2.44. The average Bonchev–Trinajstić information content (AvgIpc) is 2.83. The van der Waals surface area contributed by atoms with Crippen molar-refractivity contribution >= 4 is 11.3 Å². The van der Waals surface area contributed by atoms with Gasteiger partial charge in [-0.2, -0.15) is 13.2 Å². The predicted octanol–water partition coefficient (Wildman–Crippen LogP) is 2.19. The summed E-state index contributed by atoms with van der Waals surface area (Å²) in [6.45, 7) is 5.20. The van der Waals surface area contributed by atoms with Crippen LogP contribution in [0.15, 0.2) is 0 Å². The van der Waals surface area contributed by atoms with Crippen molar-refractivity contribution in [3.05, 3.63) is 15.6 Å². The topological polar surface area (TPSA) is 31.4 Å². The van der Waals surface area contributed by atoms with E-state index in [1.165, 1.54) is 11.3 Å². The van der Waals surface area contributed by atoms with Gasteiger partial charge in [0.25, 0.3) is 0 Å². The smallest absolute Gasteiger partial charge is 0.312 e. The molecular formula is C13H21F3N4S. The predicted molar refractivity (Wildman–Crippen MR) is 77.4 cm³/mol. The third-order valence-corrected chi connectivity index (χ3v) is 4.81. The van der Waals surface area contributed by atoms with Crippen LogP contribution in [0.3, 0.4) is 0 Å². The van der Waals surface area contributed by atoms with Crippen molar-refractivity contribution < 1.29 is 13.2 Å². The maximum atomic E-state index is 13.1. The number of rotatable bonds is 4. The lowest BCUT2D eigenvalue weighted by molar-refractivity contribution is -0.141. The van der Waals surface area contributed by atoms with Gasteiger partial charge in [0, 0.05) is 26.2 Å². The Labute approximate surface area is 127 Å². The van der Waals surface area contributed by atoms with Crippen molar-refractivity contribution in [1.82, 2.24) is 20.1 Å². The van der Waals surface area contributed by atoms with Crippen molar-refractivity contribution in [2.75, 3.05) is 40.3 Å². The lowest BCUT2D eigenvalue weighted by atomic mass is 10.2. The minimum atomic E-state index is -4.39. The van der Waals surface area contributed by atoms with Crippen LogP contribution in [0.1, 0.15) is 28.5 Å². The van der Waals surface area contributed by atoms with E-state index < -0.39 is 11.9 Å². The van der Waals surface area contributed by atoms with Gasteiger partial charge in [0.05, 0.1) is 10.9 Å². The Morgan fingerprint density at radius 2 is 2.05 bits per heavy atom. The van der Waals surface area contributed by atoms with Gasteiger partial charge >= 0.3 is 6.18 Å². The molecule has 1 unspecified atom stereocenters. The lowest BCUT2D eigenvalue weighted by Gasteiger charge is -2.36. The second-order valence-electron chi connectivity index (χ2n) is 5.36. The maximum absolute atomic E-state index is 13.1. The van der Waals surface area contributed by atoms with Gasteiger partial charge in [-0.1, -0.05) is 6.92 Å². The van der Waals surface area contributed by atoms with Crippen LogP contribution in [0.5, 0.6) is 0 Å². The van der Waals surface area contributed by atoms with Crippen LogP contribution in [0.4, 0.5) is 13.2 Å². The number of halogens is 3. The number of hydrogen-bond acceptors (Lipinski definition) is 5. The van der Waals surface area contributed by atoms with Gasteiger partial charge in [-0.25, -0.2) is 4.98 Å². The van der Waals surface area contributed by atoms with E-state index in [0.29, 0.717) is 18.1 Å². The van der Waals surface area contributed by atoms with Crippen LogP contribution in [-0.2, 0) is 12.7 Å². The maximum Gasteiger partial charge on any atom is 0.434 e. The van der Waals surface area contributed by atoms with Gasteiger partial charge in [0.15, 0.2) is 5.69 Å². The average molecular weight is 322 g/mol. The van der Waals surface area contributed by atoms with Crippen LogP contribution >= 0.6 is 11.3 Å². The Bertz CT molecular complexity index is 474. The summed E-state index contributed by atoms with van der Waals surface area (Å²) in [5, 5.41) is 3.52. The molecule has 21 heavy (non-hydrogen) atoms. The molecule has 2 rings (SSSR count). The monoisotopic (exact) mass is 322 g/mol. The highest BCUT2D eigenvalue weighted by atomic mass is 32.1. The Morgan fingerprint density at radius 3 is 2.67 bits per heavy atom. The zero-order valence-corrected chi connectivity index (χ0v) is 13.3. The Morgan fingerprint density at radius 1 is 1.33 bits per heavy atom. The molecule has 1 aromatic rings. The summed E-state index contributed by atoms with van der Waals surface area (Å²) < 4.78 is 39.4. The number of thiazole rings is 1. The number of nitrogens with one attached hydrogen (secondary N) is 1. The SMILES string of the molecule is CCNCc1sc(C2CN(C)CCN2C)nc1C(F)(F)F. The summed E-state index contributed by atoms with van der Waals surface area (Å²) >= 11 is 1.18. The van der Waals surface area contributed by atoms with Gasteiger partial charge in [0.2, 0.25) is 0 Å². The Kier molecular flexibility index (Phi) is 5.24. The van der Waals surface area contributed by atoms with E-state index in [1.807, 2.05) is 21.0 Å². The van der Waals surface area contributed by atoms with Crippen molar-refractivity contribution in [2.24, 2.45) is 0 Å². The van der Waals surface area contributed by atoms with Crippen molar-refractivity contribution in [3.63, 3.8) is 0 Å². The molecule has 1 aliphatic heterocycles. The molecule has 0 spiro atoms. The first-order valence-electron chi connectivity index (χ1n) is 6.99. The molecule has 1 fully saturated rings. The molecule has 1 atom stereocenters. The van der Waals surface area contributed by atoms with Crippen LogP contribution in [0.2, 0.25) is 0 Å². The number of aromatic nitrogens is 1. The number of hydrogen-bond donors (Lipinski definition) is 1. The van der Waals surface area contributed by atoms with E-state index in [9.17, 15) is 13.2 Å². The summed E-state index contributed by atoms with van der Waals surface area (Å²) in [7, 11) is 3.92. The first-order valence-corrected chi connectivity index (χ1v) is 7.80. The largest absolute Gasteiger partial charge is 0.434 e. The molecule has 1 N–H and O–H groups in total. The number of piperazine rings is 1. The van der Waals surface area contributed by atoms with E-state index >= 15 is 0 Å². The van der Waals surface area contributed by atoms with Crippen molar-refractivity contribution in [2.45, 2.75) is 25.7 Å². The third kappa shape index (κ3) is 3.94. The molecule has 1 aliphatic rings. The van der Waals surface area contributed by atoms with Gasteiger partial charge in [-0.3, -0.25) is 4.90 Å². The second-order valence-corrected chi connectivity index (χ2v) is 6.48. The molecule has 1 saturated heterocycles. The van der Waals surface area contributed by atoms with Gasteiger partial charge in [-0.05, 0) is 20.6 Å². The number of nitrogens with zero attached hydrogens (tertiary/aromatic N) is 3. The van der Waals surface area contributed by atoms with Crippen LogP contribution in [-0.4, -0.2) is 55.1 Å². The number of likely N-dealkylation sites (N-methyl/N-ethyl adjacent to an activating group) is 2. The van der Waals surface area contributed by atoms with Crippen molar-refractivity contribution in [1.29, 1.82) is 0 Å². The van der Waals surface area contributed by atoms with Crippen LogP contribution in [0.25, 0.3) is 0 Å². The molecule has 2 heterocycles. The molecule has 1 aromatic heterocycles. The Hall–Kier alpha value is -0.700. The molecule has 0 bridgehead atoms. The van der Waals surface area contributed by atoms with E-state index in [2.05, 4.69) is 20.1 Å². The highest BCUT2D eigenvalue weighted by Gasteiger charge is 2.39. The van der Waals surface area contributed by atoms with Gasteiger partial charge in [0.1, 0.15) is 5.01 Å². The fraction of sp³-hybridized carbons (Fsp3) is 0.769. The van der Waals surface area contributed by atoms with Crippen LogP contribution in [0, 0.1) is 0 Å². The third-order valence-electron chi connectivity index (χ3n) is 3.65. The first kappa shape index (κ1) is 16.7. The standard InChI is InChI=1S/C13H21F3N4S/c1-4-17-7-10-11(13(14,15)16)18-12(21-10)9-8-19(2)5-6-20(9)3/h9,17H,4-8H2,1-3H3. The summed E-state index contributed by atoms with van der Waals surface area (Å²) in [6.07, 6.45) is -4.39. The van der Waals surface area contributed by atoms with E-state index in [-0.39, 0.29) is 17.5 Å². The molecule has 0 aliphatic carbocycles. The van der Waals surface area contributed by atoms with E-state index in [1.54, 1.807) is 0 Å².